The van der Waals surface area contributed by atoms with Crippen LogP contribution in [0.2, 0.25) is 0 Å². The Labute approximate surface area is 191 Å². The summed E-state index contributed by atoms with van der Waals surface area (Å²) in [7, 11) is 1.22. The highest BCUT2D eigenvalue weighted by molar-refractivity contribution is 5.99. The van der Waals surface area contributed by atoms with Crippen molar-refractivity contribution in [3.63, 3.8) is 0 Å². The molecule has 2 atom stereocenters. The van der Waals surface area contributed by atoms with Crippen LogP contribution in [0.25, 0.3) is 0 Å². The van der Waals surface area contributed by atoms with Crippen molar-refractivity contribution in [2.24, 2.45) is 11.8 Å². The van der Waals surface area contributed by atoms with Gasteiger partial charge in [-0.15, -0.1) is 0 Å². The first-order valence-corrected chi connectivity index (χ1v) is 10.6. The van der Waals surface area contributed by atoms with Gasteiger partial charge in [0.2, 0.25) is 5.91 Å². The third-order valence-corrected chi connectivity index (χ3v) is 5.15. The van der Waals surface area contributed by atoms with Crippen molar-refractivity contribution in [3.05, 3.63) is 71.3 Å². The first-order chi connectivity index (χ1) is 15.5. The topological polar surface area (TPSA) is 72.5 Å². The van der Waals surface area contributed by atoms with E-state index in [4.69, 9.17) is 4.74 Å². The maximum absolute atomic E-state index is 13.1. The van der Waals surface area contributed by atoms with Gasteiger partial charge < -0.3 is 10.1 Å². The molecule has 0 aromatic heterocycles. The second kappa shape index (κ2) is 11.6. The number of rotatable bonds is 10. The Morgan fingerprint density at radius 1 is 1.00 bits per heavy atom. The summed E-state index contributed by atoms with van der Waals surface area (Å²) in [6.45, 7) is 3.78. The highest BCUT2D eigenvalue weighted by Gasteiger charge is 2.32. The van der Waals surface area contributed by atoms with Crippen molar-refractivity contribution >= 4 is 17.7 Å². The number of nitrogens with one attached hydrogen (secondary N) is 1. The van der Waals surface area contributed by atoms with Crippen LogP contribution in [0.5, 0.6) is 0 Å². The molecule has 1 amide bonds. The van der Waals surface area contributed by atoms with Gasteiger partial charge in [0.1, 0.15) is 6.04 Å². The molecular weight excluding hydrogens is 435 g/mol. The molecule has 5 nitrogen and oxygen atoms in total. The van der Waals surface area contributed by atoms with Gasteiger partial charge >= 0.3 is 12.1 Å². The first-order valence-electron chi connectivity index (χ1n) is 10.6. The number of hydrogen-bond acceptors (Lipinski definition) is 4. The highest BCUT2D eigenvalue weighted by atomic mass is 19.4. The molecule has 178 valence electrons. The molecule has 0 saturated carbocycles. The van der Waals surface area contributed by atoms with Crippen molar-refractivity contribution < 1.29 is 32.3 Å². The molecule has 2 aromatic rings. The van der Waals surface area contributed by atoms with Gasteiger partial charge in [0.15, 0.2) is 5.78 Å². The molecule has 0 saturated heterocycles. The minimum absolute atomic E-state index is 0.0914. The van der Waals surface area contributed by atoms with Gasteiger partial charge in [0.25, 0.3) is 0 Å². The third kappa shape index (κ3) is 8.04. The van der Waals surface area contributed by atoms with E-state index >= 15 is 0 Å². The fourth-order valence-corrected chi connectivity index (χ4v) is 3.48. The number of esters is 1. The summed E-state index contributed by atoms with van der Waals surface area (Å²) in [5, 5.41) is 2.67. The summed E-state index contributed by atoms with van der Waals surface area (Å²) in [5.41, 5.74) is -0.268. The molecular formula is C25H28F3NO4. The average molecular weight is 463 g/mol. The highest BCUT2D eigenvalue weighted by Crippen LogP contribution is 2.30. The predicted molar refractivity (Wildman–Crippen MR) is 117 cm³/mol. The summed E-state index contributed by atoms with van der Waals surface area (Å²) >= 11 is 0. The maximum atomic E-state index is 13.1. The van der Waals surface area contributed by atoms with Crippen LogP contribution in [0.3, 0.4) is 0 Å². The van der Waals surface area contributed by atoms with E-state index in [2.05, 4.69) is 5.32 Å². The van der Waals surface area contributed by atoms with Crippen molar-refractivity contribution in [2.45, 2.75) is 45.3 Å². The number of ketones is 1. The molecule has 0 aliphatic heterocycles. The van der Waals surface area contributed by atoms with Crippen molar-refractivity contribution in [3.8, 4) is 0 Å². The molecule has 0 unspecified atom stereocenters. The Balaban J connectivity index is 2.27. The molecule has 8 heteroatoms. The second-order valence-corrected chi connectivity index (χ2v) is 8.31. The minimum atomic E-state index is -4.58. The zero-order valence-corrected chi connectivity index (χ0v) is 18.8. The summed E-state index contributed by atoms with van der Waals surface area (Å²) in [5.74, 6) is -2.51. The Hall–Kier alpha value is -3.16. The molecule has 0 aliphatic carbocycles. The van der Waals surface area contributed by atoms with E-state index in [1.54, 1.807) is 24.3 Å². The van der Waals surface area contributed by atoms with Crippen molar-refractivity contribution in [1.29, 1.82) is 0 Å². The van der Waals surface area contributed by atoms with E-state index in [9.17, 15) is 27.6 Å². The lowest BCUT2D eigenvalue weighted by atomic mass is 9.90. The molecule has 0 radical (unpaired) electrons. The van der Waals surface area contributed by atoms with E-state index in [-0.39, 0.29) is 24.3 Å². The summed E-state index contributed by atoms with van der Waals surface area (Å²) < 4.78 is 43.9. The van der Waals surface area contributed by atoms with Gasteiger partial charge in [0, 0.05) is 17.9 Å². The van der Waals surface area contributed by atoms with Gasteiger partial charge in [-0.25, -0.2) is 4.79 Å². The fraction of sp³-hybridized carbons (Fsp3) is 0.400. The first kappa shape index (κ1) is 26.1. The van der Waals surface area contributed by atoms with Gasteiger partial charge in [-0.2, -0.15) is 13.2 Å². The van der Waals surface area contributed by atoms with Crippen LogP contribution in [0.1, 0.15) is 48.2 Å². The van der Waals surface area contributed by atoms with Gasteiger partial charge in [-0.05, 0) is 36.5 Å². The quantitative estimate of drug-likeness (QED) is 0.404. The van der Waals surface area contributed by atoms with E-state index < -0.39 is 41.4 Å². The second-order valence-electron chi connectivity index (χ2n) is 8.31. The van der Waals surface area contributed by atoms with Crippen LogP contribution in [-0.2, 0) is 26.9 Å². The van der Waals surface area contributed by atoms with Gasteiger partial charge in [-0.3, -0.25) is 9.59 Å². The monoisotopic (exact) mass is 463 g/mol. The summed E-state index contributed by atoms with van der Waals surface area (Å²) in [4.78, 5) is 38.1. The molecule has 0 aliphatic rings. The Morgan fingerprint density at radius 3 is 2.24 bits per heavy atom. The molecule has 0 heterocycles. The van der Waals surface area contributed by atoms with Crippen LogP contribution in [-0.4, -0.2) is 30.8 Å². The van der Waals surface area contributed by atoms with Gasteiger partial charge in [0.05, 0.1) is 12.7 Å². The van der Waals surface area contributed by atoms with Crippen LogP contribution in [0.15, 0.2) is 54.6 Å². The molecule has 1 N–H and O–H groups in total. The minimum Gasteiger partial charge on any atom is -0.467 e. The lowest BCUT2D eigenvalue weighted by Crippen LogP contribution is -2.45. The Morgan fingerprint density at radius 2 is 1.67 bits per heavy atom. The number of carbonyl (C=O) groups excluding carboxylic acids is 3. The number of methoxy groups -OCH3 is 1. The molecule has 0 spiro atoms. The number of carbonyl (C=O) groups is 3. The fourth-order valence-electron chi connectivity index (χ4n) is 3.48. The van der Waals surface area contributed by atoms with Crippen LogP contribution < -0.4 is 5.32 Å². The molecule has 0 bridgehead atoms. The van der Waals surface area contributed by atoms with Crippen LogP contribution >= 0.6 is 0 Å². The molecule has 2 aromatic carbocycles. The standard InChI is InChI=1S/C25H28F3NO4/c1-16(2)12-21(24(32)33-3)29-23(31)19(13-17-8-5-4-6-9-17)15-22(30)18-10-7-11-20(14-18)25(26,27)28/h4-11,14,16,19,21H,12-13,15H2,1-3H3,(H,29,31)/t19-,21+/m1/s1. The van der Waals surface area contributed by atoms with Crippen molar-refractivity contribution in [1.82, 2.24) is 5.32 Å². The van der Waals surface area contributed by atoms with E-state index in [1.165, 1.54) is 13.2 Å². The normalized spacial score (nSPS) is 13.3. The Bertz CT molecular complexity index is 958. The number of amides is 1. The smallest absolute Gasteiger partial charge is 0.416 e. The third-order valence-electron chi connectivity index (χ3n) is 5.15. The largest absolute Gasteiger partial charge is 0.467 e. The number of halogens is 3. The zero-order chi connectivity index (χ0) is 24.6. The number of Topliss-reactive ketones (excluding diaryl/α,β-unsaturated/α-hetero) is 1. The van der Waals surface area contributed by atoms with E-state index in [0.29, 0.717) is 6.42 Å². The number of alkyl halides is 3. The van der Waals surface area contributed by atoms with Crippen LogP contribution in [0, 0.1) is 11.8 Å². The lowest BCUT2D eigenvalue weighted by molar-refractivity contribution is -0.146. The molecule has 33 heavy (non-hydrogen) atoms. The molecule has 2 rings (SSSR count). The van der Waals surface area contributed by atoms with E-state index in [0.717, 1.165) is 23.8 Å². The van der Waals surface area contributed by atoms with Gasteiger partial charge in [-0.1, -0.05) is 56.3 Å². The van der Waals surface area contributed by atoms with Crippen molar-refractivity contribution in [2.75, 3.05) is 7.11 Å². The number of hydrogen-bond donors (Lipinski definition) is 1. The predicted octanol–water partition coefficient (Wildman–Crippen LogP) is 4.84. The average Bonchev–Trinajstić information content (AvgIpc) is 2.77. The van der Waals surface area contributed by atoms with Crippen LogP contribution in [0.4, 0.5) is 13.2 Å². The SMILES string of the molecule is COC(=O)[C@H](CC(C)C)NC(=O)[C@@H](CC(=O)c1cccc(C(F)(F)F)c1)Cc1ccccc1. The number of benzene rings is 2. The summed E-state index contributed by atoms with van der Waals surface area (Å²) in [6.07, 6.45) is -4.36. The lowest BCUT2D eigenvalue weighted by Gasteiger charge is -2.22. The van der Waals surface area contributed by atoms with E-state index in [1.807, 2.05) is 19.9 Å². The maximum Gasteiger partial charge on any atom is 0.416 e. The zero-order valence-electron chi connectivity index (χ0n) is 18.8. The number of ether oxygens (including phenoxy) is 1. The Kier molecular flexibility index (Phi) is 9.20. The molecule has 0 fully saturated rings. The summed E-state index contributed by atoms with van der Waals surface area (Å²) in [6, 6.07) is 12.2.